The van der Waals surface area contributed by atoms with E-state index in [0.29, 0.717) is 11.8 Å². The topological polar surface area (TPSA) is 37.8 Å². The van der Waals surface area contributed by atoms with Crippen LogP contribution in [0.25, 0.3) is 0 Å². The first-order valence-electron chi connectivity index (χ1n) is 4.65. The van der Waals surface area contributed by atoms with Crippen molar-refractivity contribution in [1.82, 2.24) is 15.3 Å². The molecule has 1 aromatic rings. The maximum atomic E-state index is 4.02. The van der Waals surface area contributed by atoms with Crippen molar-refractivity contribution in [1.29, 1.82) is 0 Å². The van der Waals surface area contributed by atoms with Crippen molar-refractivity contribution >= 4 is 0 Å². The molecule has 0 amide bonds. The second-order valence-corrected chi connectivity index (χ2v) is 3.50. The molecule has 0 aromatic carbocycles. The Morgan fingerprint density at radius 1 is 1.31 bits per heavy atom. The van der Waals surface area contributed by atoms with Crippen LogP contribution >= 0.6 is 0 Å². The van der Waals surface area contributed by atoms with E-state index >= 15 is 0 Å². The molecule has 0 bridgehead atoms. The Morgan fingerprint density at radius 3 is 2.46 bits per heavy atom. The maximum Gasteiger partial charge on any atom is 0.115 e. The molecule has 1 N–H and O–H groups in total. The van der Waals surface area contributed by atoms with Crippen LogP contribution in [-0.2, 0) is 0 Å². The van der Waals surface area contributed by atoms with Gasteiger partial charge < -0.3 is 5.32 Å². The van der Waals surface area contributed by atoms with Gasteiger partial charge in [-0.05, 0) is 31.0 Å². The number of hydrogen-bond acceptors (Lipinski definition) is 3. The molecule has 72 valence electrons. The number of nitrogens with zero attached hydrogens (tertiary/aromatic N) is 2. The summed E-state index contributed by atoms with van der Waals surface area (Å²) in [6.45, 7) is 5.46. The molecular formula is C10H17N3. The molecule has 3 heteroatoms. The van der Waals surface area contributed by atoms with Crippen LogP contribution in [0, 0.1) is 5.92 Å². The first kappa shape index (κ1) is 10.1. The summed E-state index contributed by atoms with van der Waals surface area (Å²) in [5.74, 6) is 1.12. The first-order chi connectivity index (χ1) is 6.25. The Balaban J connectivity index is 2.62. The van der Waals surface area contributed by atoms with Gasteiger partial charge in [-0.2, -0.15) is 0 Å². The highest BCUT2D eigenvalue weighted by atomic mass is 14.8. The molecule has 1 heterocycles. The van der Waals surface area contributed by atoms with E-state index in [9.17, 15) is 0 Å². The summed E-state index contributed by atoms with van der Waals surface area (Å²) >= 11 is 0. The lowest BCUT2D eigenvalue weighted by Gasteiger charge is -2.18. The third kappa shape index (κ3) is 2.77. The summed E-state index contributed by atoms with van der Waals surface area (Å²) < 4.78 is 0. The third-order valence-electron chi connectivity index (χ3n) is 2.49. The van der Waals surface area contributed by atoms with Gasteiger partial charge in [-0.3, -0.25) is 0 Å². The maximum absolute atomic E-state index is 4.02. The zero-order valence-electron chi connectivity index (χ0n) is 8.49. The lowest BCUT2D eigenvalue weighted by molar-refractivity contribution is 0.464. The molecular weight excluding hydrogens is 162 g/mol. The number of nitrogens with one attached hydrogen (secondary N) is 1. The summed E-state index contributed by atoms with van der Waals surface area (Å²) in [7, 11) is 1.98. The molecule has 1 rings (SSSR count). The monoisotopic (exact) mass is 179 g/mol. The van der Waals surface area contributed by atoms with Crippen molar-refractivity contribution in [3.63, 3.8) is 0 Å². The minimum absolute atomic E-state index is 0.508. The van der Waals surface area contributed by atoms with E-state index < -0.39 is 0 Å². The normalized spacial score (nSPS) is 15.3. The molecule has 0 fully saturated rings. The molecule has 0 aliphatic rings. The van der Waals surface area contributed by atoms with Gasteiger partial charge in [0.15, 0.2) is 0 Å². The molecule has 2 unspecified atom stereocenters. The van der Waals surface area contributed by atoms with Gasteiger partial charge in [0.25, 0.3) is 0 Å². The molecule has 13 heavy (non-hydrogen) atoms. The summed E-state index contributed by atoms with van der Waals surface area (Å²) in [5, 5.41) is 3.18. The van der Waals surface area contributed by atoms with Crippen LogP contribution in [0.3, 0.4) is 0 Å². The van der Waals surface area contributed by atoms with Gasteiger partial charge >= 0.3 is 0 Å². The zero-order chi connectivity index (χ0) is 9.68. The zero-order valence-corrected chi connectivity index (χ0v) is 8.49. The number of aromatic nitrogens is 2. The Labute approximate surface area is 79.6 Å². The summed E-state index contributed by atoms with van der Waals surface area (Å²) in [6.07, 6.45) is 5.35. The van der Waals surface area contributed by atoms with Crippen LogP contribution in [0.5, 0.6) is 0 Å². The fourth-order valence-electron chi connectivity index (χ4n) is 1.37. The van der Waals surface area contributed by atoms with Gasteiger partial charge in [0.05, 0.1) is 0 Å². The van der Waals surface area contributed by atoms with Crippen molar-refractivity contribution in [2.45, 2.75) is 19.8 Å². The van der Waals surface area contributed by atoms with Crippen molar-refractivity contribution in [3.05, 3.63) is 24.3 Å². The van der Waals surface area contributed by atoms with Crippen molar-refractivity contribution < 1.29 is 0 Å². The van der Waals surface area contributed by atoms with E-state index in [1.165, 1.54) is 5.56 Å². The Kier molecular flexibility index (Phi) is 3.83. The molecule has 1 aromatic heterocycles. The molecule has 2 atom stereocenters. The first-order valence-corrected chi connectivity index (χ1v) is 4.65. The van der Waals surface area contributed by atoms with Crippen LogP contribution in [0.4, 0.5) is 0 Å². The van der Waals surface area contributed by atoms with E-state index in [-0.39, 0.29) is 0 Å². The van der Waals surface area contributed by atoms with Crippen LogP contribution < -0.4 is 5.32 Å². The van der Waals surface area contributed by atoms with Crippen molar-refractivity contribution in [2.75, 3.05) is 13.6 Å². The van der Waals surface area contributed by atoms with Gasteiger partial charge in [-0.25, -0.2) is 9.97 Å². The highest BCUT2D eigenvalue weighted by molar-refractivity contribution is 5.09. The van der Waals surface area contributed by atoms with Crippen molar-refractivity contribution in [2.24, 2.45) is 5.92 Å². The fourth-order valence-corrected chi connectivity index (χ4v) is 1.37. The predicted molar refractivity (Wildman–Crippen MR) is 53.5 cm³/mol. The Hall–Kier alpha value is -0.960. The standard InChI is InChI=1S/C10H17N3/c1-8(4-11-3)9(2)10-5-12-7-13-6-10/h5-9,11H,4H2,1-3H3. The molecule has 0 saturated carbocycles. The van der Waals surface area contributed by atoms with Crippen LogP contribution in [0.15, 0.2) is 18.7 Å². The van der Waals surface area contributed by atoms with E-state index in [1.807, 2.05) is 19.4 Å². The quantitative estimate of drug-likeness (QED) is 0.760. The second-order valence-electron chi connectivity index (χ2n) is 3.50. The Bertz CT molecular complexity index is 235. The summed E-state index contributed by atoms with van der Waals surface area (Å²) in [5.41, 5.74) is 1.21. The van der Waals surface area contributed by atoms with Crippen molar-refractivity contribution in [3.8, 4) is 0 Å². The SMILES string of the molecule is CNCC(C)C(C)c1cncnc1. The van der Waals surface area contributed by atoms with Crippen LogP contribution in [0.2, 0.25) is 0 Å². The molecule has 0 radical (unpaired) electrons. The molecule has 0 aliphatic carbocycles. The van der Waals surface area contributed by atoms with E-state index in [4.69, 9.17) is 0 Å². The van der Waals surface area contributed by atoms with Crippen LogP contribution in [0.1, 0.15) is 25.3 Å². The number of rotatable bonds is 4. The average Bonchev–Trinajstić information content (AvgIpc) is 2.18. The van der Waals surface area contributed by atoms with E-state index in [1.54, 1.807) is 6.33 Å². The second kappa shape index (κ2) is 4.92. The molecule has 0 saturated heterocycles. The van der Waals surface area contributed by atoms with Gasteiger partial charge in [0, 0.05) is 12.4 Å². The predicted octanol–water partition coefficient (Wildman–Crippen LogP) is 1.44. The molecule has 0 aliphatic heterocycles. The van der Waals surface area contributed by atoms with Gasteiger partial charge in [0.1, 0.15) is 6.33 Å². The van der Waals surface area contributed by atoms with E-state index in [2.05, 4.69) is 29.1 Å². The fraction of sp³-hybridized carbons (Fsp3) is 0.600. The van der Waals surface area contributed by atoms with Crippen LogP contribution in [-0.4, -0.2) is 23.6 Å². The summed E-state index contributed by atoms with van der Waals surface area (Å²) in [4.78, 5) is 8.03. The highest BCUT2D eigenvalue weighted by Crippen LogP contribution is 2.21. The highest BCUT2D eigenvalue weighted by Gasteiger charge is 2.13. The largest absolute Gasteiger partial charge is 0.319 e. The minimum atomic E-state index is 0.508. The number of hydrogen-bond donors (Lipinski definition) is 1. The lowest BCUT2D eigenvalue weighted by atomic mass is 9.91. The van der Waals surface area contributed by atoms with Gasteiger partial charge in [0.2, 0.25) is 0 Å². The average molecular weight is 179 g/mol. The Morgan fingerprint density at radius 2 is 1.92 bits per heavy atom. The lowest BCUT2D eigenvalue weighted by Crippen LogP contribution is -2.20. The van der Waals surface area contributed by atoms with Gasteiger partial charge in [-0.15, -0.1) is 0 Å². The minimum Gasteiger partial charge on any atom is -0.319 e. The molecule has 0 spiro atoms. The summed E-state index contributed by atoms with van der Waals surface area (Å²) in [6, 6.07) is 0. The smallest absolute Gasteiger partial charge is 0.115 e. The molecule has 3 nitrogen and oxygen atoms in total. The third-order valence-corrected chi connectivity index (χ3v) is 2.49. The van der Waals surface area contributed by atoms with E-state index in [0.717, 1.165) is 6.54 Å². The van der Waals surface area contributed by atoms with Gasteiger partial charge in [-0.1, -0.05) is 13.8 Å².